The molecular weight excluding hydrogens is 240 g/mol. The van der Waals surface area contributed by atoms with Gasteiger partial charge in [-0.05, 0) is 24.3 Å². The van der Waals surface area contributed by atoms with Crippen LogP contribution in [0, 0.1) is 0 Å². The standard InChI is InChI=1S/C15H12N2O2/c18-14-11-15(19)17(13-9-5-2-6-10-13)16(14)12-7-3-1-4-8-12/h1-10H,11H2. The van der Waals surface area contributed by atoms with Gasteiger partial charge in [-0.1, -0.05) is 36.4 Å². The number of para-hydroxylation sites is 2. The number of anilines is 2. The molecule has 2 aromatic carbocycles. The summed E-state index contributed by atoms with van der Waals surface area (Å²) in [5.74, 6) is -0.417. The number of hydrogen-bond donors (Lipinski definition) is 0. The lowest BCUT2D eigenvalue weighted by Gasteiger charge is -2.27. The summed E-state index contributed by atoms with van der Waals surface area (Å²) in [7, 11) is 0. The number of carbonyl (C=O) groups is 2. The van der Waals surface area contributed by atoms with Gasteiger partial charge in [0.05, 0.1) is 11.4 Å². The van der Waals surface area contributed by atoms with Gasteiger partial charge in [0.1, 0.15) is 6.42 Å². The first-order chi connectivity index (χ1) is 9.27. The average molecular weight is 252 g/mol. The molecule has 2 aromatic rings. The van der Waals surface area contributed by atoms with Crippen molar-refractivity contribution in [1.82, 2.24) is 0 Å². The molecule has 3 rings (SSSR count). The maximum absolute atomic E-state index is 12.0. The molecule has 0 bridgehead atoms. The molecule has 1 fully saturated rings. The van der Waals surface area contributed by atoms with Crippen LogP contribution in [0.3, 0.4) is 0 Å². The summed E-state index contributed by atoms with van der Waals surface area (Å²) in [4.78, 5) is 24.1. The van der Waals surface area contributed by atoms with E-state index in [9.17, 15) is 9.59 Å². The van der Waals surface area contributed by atoms with Gasteiger partial charge < -0.3 is 0 Å². The molecule has 1 heterocycles. The summed E-state index contributed by atoms with van der Waals surface area (Å²) in [5.41, 5.74) is 1.39. The molecule has 0 spiro atoms. The molecule has 0 aromatic heterocycles. The Hall–Kier alpha value is -2.62. The van der Waals surface area contributed by atoms with Crippen molar-refractivity contribution in [3.05, 3.63) is 60.7 Å². The van der Waals surface area contributed by atoms with Crippen molar-refractivity contribution in [3.8, 4) is 0 Å². The van der Waals surface area contributed by atoms with Crippen molar-refractivity contribution in [2.24, 2.45) is 0 Å². The molecule has 1 aliphatic rings. The molecule has 0 N–H and O–H groups in total. The first kappa shape index (κ1) is 11.5. The lowest BCUT2D eigenvalue weighted by molar-refractivity contribution is -0.121. The summed E-state index contributed by atoms with van der Waals surface area (Å²) < 4.78 is 0. The van der Waals surface area contributed by atoms with Crippen molar-refractivity contribution in [2.75, 3.05) is 10.0 Å². The Kier molecular flexibility index (Phi) is 2.76. The van der Waals surface area contributed by atoms with Gasteiger partial charge in [-0.25, -0.2) is 10.0 Å². The van der Waals surface area contributed by atoms with Gasteiger partial charge in [0.25, 0.3) is 11.8 Å². The summed E-state index contributed by atoms with van der Waals surface area (Å²) in [6.07, 6.45) is -0.0935. The van der Waals surface area contributed by atoms with E-state index in [2.05, 4.69) is 0 Å². The number of nitrogens with zero attached hydrogens (tertiary/aromatic N) is 2. The smallest absolute Gasteiger partial charge is 0.255 e. The van der Waals surface area contributed by atoms with Crippen LogP contribution in [-0.4, -0.2) is 11.8 Å². The third-order valence-electron chi connectivity index (χ3n) is 2.98. The Balaban J connectivity index is 2.06. The summed E-state index contributed by atoms with van der Waals surface area (Å²) in [6.45, 7) is 0. The minimum Gasteiger partial charge on any atom is -0.272 e. The Morgan fingerprint density at radius 2 is 1.00 bits per heavy atom. The normalized spacial score (nSPS) is 15.2. The highest BCUT2D eigenvalue weighted by molar-refractivity contribution is 6.20. The minimum absolute atomic E-state index is 0.0935. The zero-order chi connectivity index (χ0) is 13.2. The van der Waals surface area contributed by atoms with Crippen LogP contribution < -0.4 is 10.0 Å². The van der Waals surface area contributed by atoms with E-state index in [1.807, 2.05) is 60.7 Å². The first-order valence-corrected chi connectivity index (χ1v) is 6.03. The average Bonchev–Trinajstić information content (AvgIpc) is 2.75. The maximum atomic E-state index is 12.0. The molecule has 0 atom stereocenters. The third kappa shape index (κ3) is 1.97. The quantitative estimate of drug-likeness (QED) is 0.770. The Bertz CT molecular complexity index is 555. The van der Waals surface area contributed by atoms with Gasteiger partial charge in [0.15, 0.2) is 0 Å². The molecule has 0 radical (unpaired) electrons. The SMILES string of the molecule is O=C1CC(=O)N(c2ccccc2)N1c1ccccc1. The highest BCUT2D eigenvalue weighted by Crippen LogP contribution is 2.28. The van der Waals surface area contributed by atoms with Crippen LogP contribution in [0.4, 0.5) is 11.4 Å². The van der Waals surface area contributed by atoms with Gasteiger partial charge in [0.2, 0.25) is 0 Å². The van der Waals surface area contributed by atoms with Crippen LogP contribution in [0.15, 0.2) is 60.7 Å². The number of rotatable bonds is 2. The van der Waals surface area contributed by atoms with Crippen molar-refractivity contribution >= 4 is 23.2 Å². The molecule has 94 valence electrons. The van der Waals surface area contributed by atoms with Gasteiger partial charge in [-0.2, -0.15) is 0 Å². The largest absolute Gasteiger partial charge is 0.272 e. The molecule has 0 saturated carbocycles. The van der Waals surface area contributed by atoms with Gasteiger partial charge in [0, 0.05) is 0 Å². The molecule has 0 unspecified atom stereocenters. The van der Waals surface area contributed by atoms with Crippen molar-refractivity contribution < 1.29 is 9.59 Å². The lowest BCUT2D eigenvalue weighted by atomic mass is 10.3. The van der Waals surface area contributed by atoms with Crippen LogP contribution in [0.2, 0.25) is 0 Å². The molecule has 19 heavy (non-hydrogen) atoms. The van der Waals surface area contributed by atoms with Crippen LogP contribution in [0.25, 0.3) is 0 Å². The zero-order valence-corrected chi connectivity index (χ0v) is 10.2. The van der Waals surface area contributed by atoms with E-state index < -0.39 is 0 Å². The van der Waals surface area contributed by atoms with Crippen molar-refractivity contribution in [3.63, 3.8) is 0 Å². The minimum atomic E-state index is -0.208. The number of carbonyl (C=O) groups excluding carboxylic acids is 2. The number of amides is 2. The summed E-state index contributed by atoms with van der Waals surface area (Å²) in [6, 6.07) is 18.4. The van der Waals surface area contributed by atoms with Gasteiger partial charge in [-0.3, -0.25) is 9.59 Å². The molecule has 4 heteroatoms. The van der Waals surface area contributed by atoms with E-state index in [0.29, 0.717) is 11.4 Å². The third-order valence-corrected chi connectivity index (χ3v) is 2.98. The Labute approximate surface area is 110 Å². The fourth-order valence-electron chi connectivity index (χ4n) is 2.16. The van der Waals surface area contributed by atoms with Crippen molar-refractivity contribution in [2.45, 2.75) is 6.42 Å². The maximum Gasteiger partial charge on any atom is 0.255 e. The second-order valence-corrected chi connectivity index (χ2v) is 4.26. The Morgan fingerprint density at radius 3 is 1.37 bits per heavy atom. The molecule has 2 amide bonds. The molecule has 1 aliphatic heterocycles. The predicted octanol–water partition coefficient (Wildman–Crippen LogP) is 2.37. The number of benzene rings is 2. The fourth-order valence-corrected chi connectivity index (χ4v) is 2.16. The lowest BCUT2D eigenvalue weighted by Crippen LogP contribution is -2.41. The van der Waals surface area contributed by atoms with E-state index >= 15 is 0 Å². The Morgan fingerprint density at radius 1 is 0.632 bits per heavy atom. The topological polar surface area (TPSA) is 40.6 Å². The fraction of sp³-hybridized carbons (Fsp3) is 0.0667. The van der Waals surface area contributed by atoms with Crippen LogP contribution in [0.5, 0.6) is 0 Å². The monoisotopic (exact) mass is 252 g/mol. The zero-order valence-electron chi connectivity index (χ0n) is 10.2. The summed E-state index contributed by atoms with van der Waals surface area (Å²) >= 11 is 0. The van der Waals surface area contributed by atoms with E-state index in [1.165, 1.54) is 10.0 Å². The van der Waals surface area contributed by atoms with Crippen LogP contribution in [-0.2, 0) is 9.59 Å². The van der Waals surface area contributed by atoms with Gasteiger partial charge >= 0.3 is 0 Å². The molecular formula is C15H12N2O2. The predicted molar refractivity (Wildman–Crippen MR) is 72.5 cm³/mol. The molecule has 4 nitrogen and oxygen atoms in total. The van der Waals surface area contributed by atoms with E-state index in [1.54, 1.807) is 0 Å². The second kappa shape index (κ2) is 4.57. The van der Waals surface area contributed by atoms with E-state index in [4.69, 9.17) is 0 Å². The van der Waals surface area contributed by atoms with Crippen LogP contribution in [0.1, 0.15) is 6.42 Å². The number of hydrazine groups is 1. The number of hydrogen-bond acceptors (Lipinski definition) is 2. The first-order valence-electron chi connectivity index (χ1n) is 6.03. The molecule has 1 saturated heterocycles. The highest BCUT2D eigenvalue weighted by atomic mass is 16.2. The molecule has 0 aliphatic carbocycles. The van der Waals surface area contributed by atoms with E-state index in [0.717, 1.165) is 0 Å². The highest BCUT2D eigenvalue weighted by Gasteiger charge is 2.37. The van der Waals surface area contributed by atoms with Crippen LogP contribution >= 0.6 is 0 Å². The van der Waals surface area contributed by atoms with E-state index in [-0.39, 0.29) is 18.2 Å². The van der Waals surface area contributed by atoms with Crippen molar-refractivity contribution in [1.29, 1.82) is 0 Å². The summed E-state index contributed by atoms with van der Waals surface area (Å²) in [5, 5.41) is 2.86. The second-order valence-electron chi connectivity index (χ2n) is 4.26. The van der Waals surface area contributed by atoms with Gasteiger partial charge in [-0.15, -0.1) is 0 Å².